The molecule has 0 aliphatic carbocycles. The summed E-state index contributed by atoms with van der Waals surface area (Å²) in [5.74, 6) is -0.221. The minimum absolute atomic E-state index is 0.0772. The molecule has 0 bridgehead atoms. The maximum atomic E-state index is 13.7. The first-order valence-corrected chi connectivity index (χ1v) is 6.13. The summed E-state index contributed by atoms with van der Waals surface area (Å²) in [5, 5.41) is 0. The Bertz CT molecular complexity index is 481. The van der Waals surface area contributed by atoms with Crippen LogP contribution in [0.25, 0.3) is 0 Å². The molecule has 2 N–H and O–H groups in total. The zero-order valence-corrected chi connectivity index (χ0v) is 11.1. The molecule has 1 unspecified atom stereocenters. The second-order valence-electron chi connectivity index (χ2n) is 4.55. The summed E-state index contributed by atoms with van der Waals surface area (Å²) in [6.45, 7) is 1.38. The maximum Gasteiger partial charge on any atom is 0.320 e. The van der Waals surface area contributed by atoms with E-state index in [9.17, 15) is 9.18 Å². The monoisotopic (exact) mass is 267 g/mol. The van der Waals surface area contributed by atoms with E-state index in [-0.39, 0.29) is 17.8 Å². The van der Waals surface area contributed by atoms with Crippen LogP contribution in [0.3, 0.4) is 0 Å². The number of likely N-dealkylation sites (N-methyl/N-ethyl adjacent to an activating group) is 1. The molecule has 1 aromatic rings. The predicted octanol–water partition coefficient (Wildman–Crippen LogP) is 1.20. The highest BCUT2D eigenvalue weighted by Crippen LogP contribution is 2.30. The van der Waals surface area contributed by atoms with E-state index in [1.165, 1.54) is 13.2 Å². The van der Waals surface area contributed by atoms with Crippen LogP contribution in [0.1, 0.15) is 11.6 Å². The Morgan fingerprint density at radius 1 is 1.53 bits per heavy atom. The highest BCUT2D eigenvalue weighted by Gasteiger charge is 2.35. The molecule has 0 saturated carbocycles. The van der Waals surface area contributed by atoms with E-state index in [1.807, 2.05) is 0 Å². The van der Waals surface area contributed by atoms with Crippen LogP contribution in [0.5, 0.6) is 5.75 Å². The summed E-state index contributed by atoms with van der Waals surface area (Å²) in [7, 11) is 3.15. The minimum Gasteiger partial charge on any atom is -0.494 e. The van der Waals surface area contributed by atoms with E-state index in [2.05, 4.69) is 0 Å². The van der Waals surface area contributed by atoms with Gasteiger partial charge in [0.2, 0.25) is 0 Å². The van der Waals surface area contributed by atoms with Gasteiger partial charge in [-0.15, -0.1) is 0 Å². The lowest BCUT2D eigenvalue weighted by molar-refractivity contribution is 0.192. The van der Waals surface area contributed by atoms with E-state index < -0.39 is 5.82 Å². The van der Waals surface area contributed by atoms with Crippen molar-refractivity contribution in [2.45, 2.75) is 6.04 Å². The quantitative estimate of drug-likeness (QED) is 0.891. The van der Waals surface area contributed by atoms with Crippen molar-refractivity contribution in [2.75, 3.05) is 33.8 Å². The van der Waals surface area contributed by atoms with Gasteiger partial charge in [0.15, 0.2) is 11.6 Å². The van der Waals surface area contributed by atoms with Crippen LogP contribution in [0.4, 0.5) is 9.18 Å². The summed E-state index contributed by atoms with van der Waals surface area (Å²) < 4.78 is 18.6. The highest BCUT2D eigenvalue weighted by atomic mass is 19.1. The number of benzene rings is 1. The van der Waals surface area contributed by atoms with Gasteiger partial charge in [-0.1, -0.05) is 6.07 Å². The SMILES string of the molecule is COc1ccc(C2CN(C)C(=O)N2CCN)cc1F. The van der Waals surface area contributed by atoms with Crippen LogP contribution in [0, 0.1) is 5.82 Å². The Balaban J connectivity index is 2.29. The first-order chi connectivity index (χ1) is 9.08. The van der Waals surface area contributed by atoms with Crippen molar-refractivity contribution in [3.63, 3.8) is 0 Å². The van der Waals surface area contributed by atoms with Gasteiger partial charge in [0.05, 0.1) is 13.2 Å². The topological polar surface area (TPSA) is 58.8 Å². The minimum atomic E-state index is -0.422. The molecule has 0 spiro atoms. The summed E-state index contributed by atoms with van der Waals surface area (Å²) in [5.41, 5.74) is 6.28. The van der Waals surface area contributed by atoms with E-state index in [1.54, 1.807) is 29.0 Å². The van der Waals surface area contributed by atoms with Crippen molar-refractivity contribution in [1.82, 2.24) is 9.80 Å². The fraction of sp³-hybridized carbons (Fsp3) is 0.462. The van der Waals surface area contributed by atoms with Crippen LogP contribution in [-0.4, -0.2) is 49.6 Å². The molecular formula is C13H18FN3O2. The molecule has 1 aromatic carbocycles. The number of nitrogens with zero attached hydrogens (tertiary/aromatic N) is 2. The lowest BCUT2D eigenvalue weighted by Gasteiger charge is -2.23. The molecule has 104 valence electrons. The van der Waals surface area contributed by atoms with Crippen molar-refractivity contribution in [2.24, 2.45) is 5.73 Å². The molecule has 19 heavy (non-hydrogen) atoms. The Kier molecular flexibility index (Phi) is 3.90. The normalized spacial score (nSPS) is 19.2. The van der Waals surface area contributed by atoms with Gasteiger partial charge in [-0.05, 0) is 17.7 Å². The summed E-state index contributed by atoms with van der Waals surface area (Å²) >= 11 is 0. The summed E-state index contributed by atoms with van der Waals surface area (Å²) in [6, 6.07) is 4.53. The maximum absolute atomic E-state index is 13.7. The van der Waals surface area contributed by atoms with Gasteiger partial charge < -0.3 is 20.3 Å². The van der Waals surface area contributed by atoms with Crippen LogP contribution >= 0.6 is 0 Å². The van der Waals surface area contributed by atoms with Crippen molar-refractivity contribution >= 4 is 6.03 Å². The lowest BCUT2D eigenvalue weighted by Crippen LogP contribution is -2.34. The third kappa shape index (κ3) is 2.49. The van der Waals surface area contributed by atoms with E-state index in [0.29, 0.717) is 19.6 Å². The Morgan fingerprint density at radius 3 is 2.84 bits per heavy atom. The molecule has 1 heterocycles. The number of halogens is 1. The molecule has 2 rings (SSSR count). The fourth-order valence-corrected chi connectivity index (χ4v) is 2.35. The number of carbonyl (C=O) groups is 1. The highest BCUT2D eigenvalue weighted by molar-refractivity contribution is 5.77. The first-order valence-electron chi connectivity index (χ1n) is 6.13. The predicted molar refractivity (Wildman–Crippen MR) is 69.5 cm³/mol. The summed E-state index contributed by atoms with van der Waals surface area (Å²) in [4.78, 5) is 15.2. The summed E-state index contributed by atoms with van der Waals surface area (Å²) in [6.07, 6.45) is 0. The zero-order valence-electron chi connectivity index (χ0n) is 11.1. The van der Waals surface area contributed by atoms with E-state index in [4.69, 9.17) is 10.5 Å². The molecule has 1 saturated heterocycles. The Hall–Kier alpha value is -1.82. The second-order valence-corrected chi connectivity index (χ2v) is 4.55. The van der Waals surface area contributed by atoms with Gasteiger partial charge >= 0.3 is 6.03 Å². The first kappa shape index (κ1) is 13.6. The lowest BCUT2D eigenvalue weighted by atomic mass is 10.1. The Morgan fingerprint density at radius 2 is 2.26 bits per heavy atom. The smallest absolute Gasteiger partial charge is 0.320 e. The van der Waals surface area contributed by atoms with E-state index >= 15 is 0 Å². The average molecular weight is 267 g/mol. The van der Waals surface area contributed by atoms with Crippen LogP contribution in [-0.2, 0) is 0 Å². The fourth-order valence-electron chi connectivity index (χ4n) is 2.35. The van der Waals surface area contributed by atoms with Gasteiger partial charge in [0.1, 0.15) is 0 Å². The molecule has 6 heteroatoms. The van der Waals surface area contributed by atoms with Gasteiger partial charge in [-0.3, -0.25) is 0 Å². The van der Waals surface area contributed by atoms with Crippen molar-refractivity contribution in [3.8, 4) is 5.75 Å². The molecule has 2 amide bonds. The van der Waals surface area contributed by atoms with Crippen molar-refractivity contribution in [3.05, 3.63) is 29.6 Å². The molecule has 0 radical (unpaired) electrons. The number of nitrogens with two attached hydrogens (primary N) is 1. The standard InChI is InChI=1S/C13H18FN3O2/c1-16-8-11(17(6-5-15)13(16)18)9-3-4-12(19-2)10(14)7-9/h3-4,7,11H,5-6,8,15H2,1-2H3. The third-order valence-electron chi connectivity index (χ3n) is 3.33. The van der Waals surface area contributed by atoms with E-state index in [0.717, 1.165) is 5.56 Å². The largest absolute Gasteiger partial charge is 0.494 e. The van der Waals surface area contributed by atoms with Gasteiger partial charge in [0, 0.05) is 26.7 Å². The Labute approximate surface area is 111 Å². The molecule has 1 aliphatic rings. The zero-order chi connectivity index (χ0) is 14.0. The van der Waals surface area contributed by atoms with Gasteiger partial charge in [-0.2, -0.15) is 0 Å². The van der Waals surface area contributed by atoms with Crippen LogP contribution in [0.2, 0.25) is 0 Å². The number of hydrogen-bond acceptors (Lipinski definition) is 3. The molecule has 1 atom stereocenters. The second kappa shape index (κ2) is 5.44. The average Bonchev–Trinajstić information content (AvgIpc) is 2.67. The number of ether oxygens (including phenoxy) is 1. The van der Waals surface area contributed by atoms with Crippen LogP contribution in [0.15, 0.2) is 18.2 Å². The number of carbonyl (C=O) groups excluding carboxylic acids is 1. The molecular weight excluding hydrogens is 249 g/mol. The number of urea groups is 1. The van der Waals surface area contributed by atoms with Gasteiger partial charge in [-0.25, -0.2) is 9.18 Å². The molecule has 0 aromatic heterocycles. The molecule has 1 fully saturated rings. The third-order valence-corrected chi connectivity index (χ3v) is 3.33. The number of amides is 2. The van der Waals surface area contributed by atoms with Crippen molar-refractivity contribution < 1.29 is 13.9 Å². The molecule has 5 nitrogen and oxygen atoms in total. The van der Waals surface area contributed by atoms with Gasteiger partial charge in [0.25, 0.3) is 0 Å². The van der Waals surface area contributed by atoms with Crippen molar-refractivity contribution in [1.29, 1.82) is 0 Å². The molecule has 1 aliphatic heterocycles. The number of methoxy groups -OCH3 is 1. The number of rotatable bonds is 4. The van der Waals surface area contributed by atoms with Crippen LogP contribution < -0.4 is 10.5 Å². The number of hydrogen-bond donors (Lipinski definition) is 1.